The fourth-order valence-electron chi connectivity index (χ4n) is 2.92. The predicted molar refractivity (Wildman–Crippen MR) is 119 cm³/mol. The smallest absolute Gasteiger partial charge is 0.416 e. The number of carboxylic acids is 1. The number of hydrogen-bond acceptors (Lipinski definition) is 6. The largest absolute Gasteiger partial charge is 0.482 e. The number of aromatic nitrogens is 1. The zero-order chi connectivity index (χ0) is 24.0. The van der Waals surface area contributed by atoms with E-state index < -0.39 is 24.3 Å². The van der Waals surface area contributed by atoms with Crippen molar-refractivity contribution in [3.63, 3.8) is 0 Å². The van der Waals surface area contributed by atoms with Crippen molar-refractivity contribution < 1.29 is 32.6 Å². The zero-order valence-corrected chi connectivity index (χ0v) is 18.7. The Kier molecular flexibility index (Phi) is 7.70. The van der Waals surface area contributed by atoms with E-state index in [4.69, 9.17) is 14.7 Å². The van der Waals surface area contributed by atoms with Gasteiger partial charge in [-0.05, 0) is 43.2 Å². The summed E-state index contributed by atoms with van der Waals surface area (Å²) in [5, 5.41) is 13.3. The summed E-state index contributed by atoms with van der Waals surface area (Å²) >= 11 is 1.34. The van der Waals surface area contributed by atoms with Crippen molar-refractivity contribution in [2.24, 2.45) is 5.16 Å². The third kappa shape index (κ3) is 6.79. The molecule has 2 aromatic carbocycles. The summed E-state index contributed by atoms with van der Waals surface area (Å²) in [5.74, 6) is -0.524. The summed E-state index contributed by atoms with van der Waals surface area (Å²) in [6, 6.07) is 10.3. The summed E-state index contributed by atoms with van der Waals surface area (Å²) in [7, 11) is 0. The van der Waals surface area contributed by atoms with E-state index in [1.807, 2.05) is 26.0 Å². The van der Waals surface area contributed by atoms with Crippen LogP contribution in [-0.4, -0.2) is 28.9 Å². The van der Waals surface area contributed by atoms with Gasteiger partial charge in [-0.1, -0.05) is 29.4 Å². The minimum absolute atomic E-state index is 0.196. The van der Waals surface area contributed by atoms with Gasteiger partial charge in [0.1, 0.15) is 10.8 Å². The van der Waals surface area contributed by atoms with Gasteiger partial charge >= 0.3 is 12.1 Å². The van der Waals surface area contributed by atoms with Gasteiger partial charge in [0, 0.05) is 18.2 Å². The van der Waals surface area contributed by atoms with E-state index in [0.717, 1.165) is 33.8 Å². The number of oxime groups is 1. The maximum Gasteiger partial charge on any atom is 0.416 e. The minimum atomic E-state index is -4.37. The van der Waals surface area contributed by atoms with Crippen LogP contribution in [0.4, 0.5) is 13.2 Å². The topological polar surface area (TPSA) is 81.0 Å². The fraction of sp³-hybridized carbons (Fsp3) is 0.261. The van der Waals surface area contributed by atoms with Crippen LogP contribution in [0, 0.1) is 13.8 Å². The highest BCUT2D eigenvalue weighted by molar-refractivity contribution is 7.15. The predicted octanol–water partition coefficient (Wildman–Crippen LogP) is 5.65. The second-order valence-electron chi connectivity index (χ2n) is 7.15. The molecule has 0 bridgehead atoms. The first kappa shape index (κ1) is 24.2. The van der Waals surface area contributed by atoms with Gasteiger partial charge in [0.2, 0.25) is 0 Å². The molecule has 1 aromatic heterocycles. The van der Waals surface area contributed by atoms with Crippen LogP contribution in [-0.2, 0) is 28.8 Å². The Bertz CT molecular complexity index is 1140. The van der Waals surface area contributed by atoms with E-state index in [2.05, 4.69) is 10.1 Å². The molecule has 3 rings (SSSR count). The Morgan fingerprint density at radius 2 is 1.91 bits per heavy atom. The van der Waals surface area contributed by atoms with E-state index >= 15 is 0 Å². The van der Waals surface area contributed by atoms with Crippen molar-refractivity contribution >= 4 is 23.5 Å². The number of nitrogens with zero attached hydrogens (tertiary/aromatic N) is 2. The average Bonchev–Trinajstić information content (AvgIpc) is 3.13. The number of carboxylic acid groups (broad SMARTS) is 1. The Hall–Kier alpha value is -3.40. The van der Waals surface area contributed by atoms with Crippen LogP contribution >= 0.6 is 11.3 Å². The SMILES string of the molecule is Cc1cc(CC=NOCc2sc(-c3ccc(C(F)(F)F)cc3)nc2C)ccc1OCC(=O)O. The molecular weight excluding hydrogens is 457 g/mol. The van der Waals surface area contributed by atoms with Gasteiger partial charge in [0.15, 0.2) is 13.2 Å². The first-order valence-electron chi connectivity index (χ1n) is 9.85. The molecule has 0 radical (unpaired) electrons. The van der Waals surface area contributed by atoms with Crippen LogP contribution in [0.5, 0.6) is 5.75 Å². The fourth-order valence-corrected chi connectivity index (χ4v) is 3.89. The molecule has 0 saturated heterocycles. The molecule has 1 N–H and O–H groups in total. The molecule has 6 nitrogen and oxygen atoms in total. The molecule has 0 spiro atoms. The lowest BCUT2D eigenvalue weighted by atomic mass is 10.1. The monoisotopic (exact) mass is 478 g/mol. The maximum absolute atomic E-state index is 12.7. The van der Waals surface area contributed by atoms with Crippen molar-refractivity contribution in [1.82, 2.24) is 4.98 Å². The number of aliphatic carboxylic acids is 1. The molecule has 0 amide bonds. The lowest BCUT2D eigenvalue weighted by Crippen LogP contribution is -2.10. The highest BCUT2D eigenvalue weighted by Crippen LogP contribution is 2.33. The van der Waals surface area contributed by atoms with E-state index in [1.165, 1.54) is 23.5 Å². The standard InChI is InChI=1S/C23H21F3N2O4S/c1-14-11-16(3-8-19(14)31-13-21(29)30)9-10-27-32-12-20-15(2)28-22(33-20)17-4-6-18(7-5-17)23(24,25)26/h3-8,10-11H,9,12-13H2,1-2H3,(H,29,30). The van der Waals surface area contributed by atoms with Crippen LogP contribution in [0.2, 0.25) is 0 Å². The molecule has 1 heterocycles. The first-order valence-corrected chi connectivity index (χ1v) is 10.7. The molecule has 0 fully saturated rings. The average molecular weight is 478 g/mol. The van der Waals surface area contributed by atoms with Crippen LogP contribution in [0.1, 0.15) is 27.3 Å². The molecule has 0 unspecified atom stereocenters. The molecule has 174 valence electrons. The Morgan fingerprint density at radius 1 is 1.18 bits per heavy atom. The van der Waals surface area contributed by atoms with E-state index in [0.29, 0.717) is 22.7 Å². The van der Waals surface area contributed by atoms with Crippen molar-refractivity contribution in [2.75, 3.05) is 6.61 Å². The summed E-state index contributed by atoms with van der Waals surface area (Å²) in [6.45, 7) is 3.44. The van der Waals surface area contributed by atoms with Gasteiger partial charge in [-0.25, -0.2) is 9.78 Å². The number of carbonyl (C=O) groups is 1. The highest BCUT2D eigenvalue weighted by Gasteiger charge is 2.30. The molecule has 0 aliphatic heterocycles. The quantitative estimate of drug-likeness (QED) is 0.317. The van der Waals surface area contributed by atoms with Crippen LogP contribution in [0.15, 0.2) is 47.6 Å². The number of benzene rings is 2. The molecule has 0 atom stereocenters. The lowest BCUT2D eigenvalue weighted by molar-refractivity contribution is -0.139. The second kappa shape index (κ2) is 10.5. The minimum Gasteiger partial charge on any atom is -0.482 e. The normalized spacial score (nSPS) is 11.7. The number of rotatable bonds is 9. The van der Waals surface area contributed by atoms with Gasteiger partial charge in [0.25, 0.3) is 0 Å². The molecule has 0 saturated carbocycles. The second-order valence-corrected chi connectivity index (χ2v) is 8.23. The number of thiazole rings is 1. The molecule has 3 aromatic rings. The first-order chi connectivity index (χ1) is 15.6. The van der Waals surface area contributed by atoms with Crippen LogP contribution in [0.25, 0.3) is 10.6 Å². The summed E-state index contributed by atoms with van der Waals surface area (Å²) in [5.41, 5.74) is 2.42. The zero-order valence-electron chi connectivity index (χ0n) is 17.8. The van der Waals surface area contributed by atoms with Gasteiger partial charge in [-0.3, -0.25) is 0 Å². The lowest BCUT2D eigenvalue weighted by Gasteiger charge is -2.08. The summed E-state index contributed by atoms with van der Waals surface area (Å²) in [6.07, 6.45) is -2.25. The van der Waals surface area contributed by atoms with Gasteiger partial charge in [-0.15, -0.1) is 11.3 Å². The maximum atomic E-state index is 12.7. The number of hydrogen-bond donors (Lipinski definition) is 1. The highest BCUT2D eigenvalue weighted by atomic mass is 32.1. The molecular formula is C23H21F3N2O4S. The molecule has 10 heteroatoms. The van der Waals surface area contributed by atoms with Crippen molar-refractivity contribution in [2.45, 2.75) is 33.1 Å². The third-order valence-corrected chi connectivity index (χ3v) is 5.79. The van der Waals surface area contributed by atoms with E-state index in [-0.39, 0.29) is 6.61 Å². The Morgan fingerprint density at radius 3 is 2.55 bits per heavy atom. The van der Waals surface area contributed by atoms with E-state index in [1.54, 1.807) is 12.3 Å². The van der Waals surface area contributed by atoms with Gasteiger partial charge in [-0.2, -0.15) is 13.2 Å². The Labute approximate surface area is 192 Å². The summed E-state index contributed by atoms with van der Waals surface area (Å²) in [4.78, 5) is 21.2. The molecule has 0 aliphatic carbocycles. The van der Waals surface area contributed by atoms with Gasteiger partial charge < -0.3 is 14.7 Å². The number of halogens is 3. The van der Waals surface area contributed by atoms with Crippen LogP contribution in [0.3, 0.4) is 0 Å². The third-order valence-electron chi connectivity index (χ3n) is 4.61. The van der Waals surface area contributed by atoms with Crippen molar-refractivity contribution in [3.05, 3.63) is 69.7 Å². The van der Waals surface area contributed by atoms with Gasteiger partial charge in [0.05, 0.1) is 16.1 Å². The number of ether oxygens (including phenoxy) is 1. The van der Waals surface area contributed by atoms with E-state index in [9.17, 15) is 18.0 Å². The Balaban J connectivity index is 1.53. The molecule has 33 heavy (non-hydrogen) atoms. The number of alkyl halides is 3. The van der Waals surface area contributed by atoms with Crippen molar-refractivity contribution in [1.29, 1.82) is 0 Å². The van der Waals surface area contributed by atoms with Crippen molar-refractivity contribution in [3.8, 4) is 16.3 Å². The summed E-state index contributed by atoms with van der Waals surface area (Å²) < 4.78 is 43.4. The van der Waals surface area contributed by atoms with Crippen LogP contribution < -0.4 is 4.74 Å². The molecule has 0 aliphatic rings. The number of aryl methyl sites for hydroxylation is 2.